The Kier molecular flexibility index (Phi) is 11.9. The molecule has 10 heteroatoms. The number of carbonyl (C=O) groups is 2. The van der Waals surface area contributed by atoms with Crippen LogP contribution in [0.2, 0.25) is 0 Å². The third-order valence-corrected chi connectivity index (χ3v) is 8.22. The van der Waals surface area contributed by atoms with Crippen molar-refractivity contribution in [1.29, 1.82) is 0 Å². The van der Waals surface area contributed by atoms with E-state index in [-0.39, 0.29) is 50.2 Å². The molecule has 0 bridgehead atoms. The molecule has 2 amide bonds. The fourth-order valence-electron chi connectivity index (χ4n) is 4.60. The molecular formula is C32H40FN3O5S. The molecule has 0 fully saturated rings. The Bertz CT molecular complexity index is 1420. The van der Waals surface area contributed by atoms with Crippen LogP contribution in [0.25, 0.3) is 0 Å². The van der Waals surface area contributed by atoms with Crippen LogP contribution in [0.15, 0.2) is 78.9 Å². The van der Waals surface area contributed by atoms with Crippen molar-refractivity contribution in [2.75, 3.05) is 24.2 Å². The molecule has 226 valence electrons. The van der Waals surface area contributed by atoms with Gasteiger partial charge in [-0.15, -0.1) is 0 Å². The first-order chi connectivity index (χ1) is 20.0. The molecule has 0 aromatic heterocycles. The molecule has 1 N–H and O–H groups in total. The Morgan fingerprint density at radius 2 is 1.60 bits per heavy atom. The van der Waals surface area contributed by atoms with Crippen LogP contribution in [0.4, 0.5) is 10.1 Å². The highest BCUT2D eigenvalue weighted by Crippen LogP contribution is 2.30. The second-order valence-corrected chi connectivity index (χ2v) is 12.2. The minimum Gasteiger partial charge on any atom is -0.495 e. The van der Waals surface area contributed by atoms with Crippen molar-refractivity contribution in [2.24, 2.45) is 0 Å². The summed E-state index contributed by atoms with van der Waals surface area (Å²) in [4.78, 5) is 29.0. The van der Waals surface area contributed by atoms with Crippen molar-refractivity contribution in [1.82, 2.24) is 10.2 Å². The quantitative estimate of drug-likeness (QED) is 0.268. The second kappa shape index (κ2) is 15.3. The van der Waals surface area contributed by atoms with E-state index in [1.165, 1.54) is 28.4 Å². The molecule has 0 aliphatic carbocycles. The van der Waals surface area contributed by atoms with Gasteiger partial charge in [-0.2, -0.15) is 0 Å². The molecule has 0 saturated carbocycles. The SMILES string of the molecule is CC[C@@H](C)NC(=O)[C@@H](Cc1ccccc1)N(Cc1ccc(F)cc1)C(=O)CCCN(c1ccccc1OC)S(C)(=O)=O. The van der Waals surface area contributed by atoms with Gasteiger partial charge in [0.15, 0.2) is 0 Å². The van der Waals surface area contributed by atoms with Crippen LogP contribution in [0.5, 0.6) is 5.75 Å². The lowest BCUT2D eigenvalue weighted by Gasteiger charge is -2.32. The Balaban J connectivity index is 1.90. The van der Waals surface area contributed by atoms with Gasteiger partial charge in [0, 0.05) is 32.0 Å². The topological polar surface area (TPSA) is 96.0 Å². The van der Waals surface area contributed by atoms with Gasteiger partial charge in [0.1, 0.15) is 17.6 Å². The van der Waals surface area contributed by atoms with Gasteiger partial charge < -0.3 is 15.0 Å². The minimum atomic E-state index is -3.68. The lowest BCUT2D eigenvalue weighted by molar-refractivity contribution is -0.141. The number of benzene rings is 3. The number of carbonyl (C=O) groups excluding carboxylic acids is 2. The highest BCUT2D eigenvalue weighted by atomic mass is 32.2. The van der Waals surface area contributed by atoms with E-state index < -0.39 is 21.9 Å². The van der Waals surface area contributed by atoms with Gasteiger partial charge in [0.05, 0.1) is 19.1 Å². The zero-order valence-electron chi connectivity index (χ0n) is 24.6. The fraction of sp³-hybridized carbons (Fsp3) is 0.375. The van der Waals surface area contributed by atoms with E-state index >= 15 is 0 Å². The van der Waals surface area contributed by atoms with Crippen molar-refractivity contribution in [3.05, 3.63) is 95.8 Å². The zero-order valence-corrected chi connectivity index (χ0v) is 25.4. The lowest BCUT2D eigenvalue weighted by Crippen LogP contribution is -2.52. The van der Waals surface area contributed by atoms with E-state index in [0.717, 1.165) is 18.2 Å². The molecule has 3 rings (SSSR count). The maximum absolute atomic E-state index is 13.9. The summed E-state index contributed by atoms with van der Waals surface area (Å²) in [7, 11) is -2.21. The van der Waals surface area contributed by atoms with Crippen LogP contribution in [0.1, 0.15) is 44.2 Å². The monoisotopic (exact) mass is 597 g/mol. The third kappa shape index (κ3) is 9.30. The third-order valence-electron chi connectivity index (χ3n) is 7.04. The largest absolute Gasteiger partial charge is 0.495 e. The Hall–Kier alpha value is -3.92. The highest BCUT2D eigenvalue weighted by molar-refractivity contribution is 7.92. The van der Waals surface area contributed by atoms with Gasteiger partial charge in [-0.25, -0.2) is 12.8 Å². The van der Waals surface area contributed by atoms with Crippen molar-refractivity contribution in [2.45, 2.75) is 58.2 Å². The molecule has 8 nitrogen and oxygen atoms in total. The lowest BCUT2D eigenvalue weighted by atomic mass is 10.0. The first-order valence-electron chi connectivity index (χ1n) is 14.0. The fourth-order valence-corrected chi connectivity index (χ4v) is 5.57. The normalized spacial score (nSPS) is 12.7. The molecule has 42 heavy (non-hydrogen) atoms. The molecule has 3 aromatic carbocycles. The van der Waals surface area contributed by atoms with E-state index in [1.807, 2.05) is 44.2 Å². The Morgan fingerprint density at radius 1 is 0.952 bits per heavy atom. The summed E-state index contributed by atoms with van der Waals surface area (Å²) >= 11 is 0. The van der Waals surface area contributed by atoms with Crippen molar-refractivity contribution < 1.29 is 27.1 Å². The molecule has 0 saturated heterocycles. The summed E-state index contributed by atoms with van der Waals surface area (Å²) in [6.45, 7) is 4.00. The Morgan fingerprint density at radius 3 is 2.21 bits per heavy atom. The van der Waals surface area contributed by atoms with E-state index in [4.69, 9.17) is 4.74 Å². The molecule has 0 radical (unpaired) electrons. The van der Waals surface area contributed by atoms with Crippen molar-refractivity contribution in [3.8, 4) is 5.75 Å². The summed E-state index contributed by atoms with van der Waals surface area (Å²) < 4.78 is 45.7. The van der Waals surface area contributed by atoms with Crippen LogP contribution in [-0.2, 0) is 32.6 Å². The first kappa shape index (κ1) is 32.6. The molecule has 0 unspecified atom stereocenters. The second-order valence-electron chi connectivity index (χ2n) is 10.3. The van der Waals surface area contributed by atoms with E-state index in [1.54, 1.807) is 36.4 Å². The van der Waals surface area contributed by atoms with Crippen LogP contribution in [-0.4, -0.2) is 57.1 Å². The minimum absolute atomic E-state index is 0.00966. The summed E-state index contributed by atoms with van der Waals surface area (Å²) in [6, 6.07) is 21.1. The number of hydrogen-bond acceptors (Lipinski definition) is 5. The van der Waals surface area contributed by atoms with Crippen LogP contribution in [0, 0.1) is 5.82 Å². The number of rotatable bonds is 15. The number of nitrogens with one attached hydrogen (secondary N) is 1. The number of amides is 2. The number of para-hydroxylation sites is 2. The number of sulfonamides is 1. The number of hydrogen-bond donors (Lipinski definition) is 1. The van der Waals surface area contributed by atoms with Gasteiger partial charge in [-0.05, 0) is 55.2 Å². The van der Waals surface area contributed by atoms with Gasteiger partial charge in [-0.3, -0.25) is 13.9 Å². The van der Waals surface area contributed by atoms with Crippen molar-refractivity contribution >= 4 is 27.5 Å². The zero-order chi connectivity index (χ0) is 30.7. The summed E-state index contributed by atoms with van der Waals surface area (Å²) in [5, 5.41) is 3.01. The molecule has 3 aromatic rings. The first-order valence-corrected chi connectivity index (χ1v) is 15.9. The molecule has 0 heterocycles. The van der Waals surface area contributed by atoms with E-state index in [0.29, 0.717) is 17.0 Å². The summed E-state index contributed by atoms with van der Waals surface area (Å²) in [6.07, 6.45) is 2.31. The number of anilines is 1. The summed E-state index contributed by atoms with van der Waals surface area (Å²) in [5.74, 6) is -0.593. The average Bonchev–Trinajstić information content (AvgIpc) is 2.97. The van der Waals surface area contributed by atoms with Crippen molar-refractivity contribution in [3.63, 3.8) is 0 Å². The van der Waals surface area contributed by atoms with Crippen LogP contribution in [0.3, 0.4) is 0 Å². The van der Waals surface area contributed by atoms with Crippen LogP contribution < -0.4 is 14.4 Å². The summed E-state index contributed by atoms with van der Waals surface area (Å²) in [5.41, 5.74) is 1.94. The molecule has 0 aliphatic rings. The molecule has 0 spiro atoms. The van der Waals surface area contributed by atoms with E-state index in [9.17, 15) is 22.4 Å². The van der Waals surface area contributed by atoms with Gasteiger partial charge in [0.25, 0.3) is 0 Å². The van der Waals surface area contributed by atoms with Crippen LogP contribution >= 0.6 is 0 Å². The average molecular weight is 598 g/mol. The van der Waals surface area contributed by atoms with Gasteiger partial charge in [0.2, 0.25) is 21.8 Å². The Labute approximate surface area is 248 Å². The smallest absolute Gasteiger partial charge is 0.243 e. The predicted molar refractivity (Wildman–Crippen MR) is 163 cm³/mol. The highest BCUT2D eigenvalue weighted by Gasteiger charge is 2.31. The van der Waals surface area contributed by atoms with Gasteiger partial charge >= 0.3 is 0 Å². The maximum atomic E-state index is 13.9. The number of halogens is 1. The molecule has 2 atom stereocenters. The standard InChI is InChI=1S/C32H40FN3O5S/c1-5-24(2)34-32(38)29(22-25-12-7-6-8-13-25)35(23-26-17-19-27(33)20-18-26)31(37)16-11-21-36(42(4,39)40)28-14-9-10-15-30(28)41-3/h6-10,12-15,17-20,24,29H,5,11,16,21-23H2,1-4H3,(H,34,38)/t24-,29-/m1/s1. The molecule has 0 aliphatic heterocycles. The number of nitrogens with zero attached hydrogens (tertiary/aromatic N) is 2. The number of ether oxygens (including phenoxy) is 1. The van der Waals surface area contributed by atoms with E-state index in [2.05, 4.69) is 5.32 Å². The van der Waals surface area contributed by atoms with Gasteiger partial charge in [-0.1, -0.05) is 61.5 Å². The maximum Gasteiger partial charge on any atom is 0.243 e. The predicted octanol–water partition coefficient (Wildman–Crippen LogP) is 4.94. The molecular weight excluding hydrogens is 557 g/mol. The number of methoxy groups -OCH3 is 1.